The van der Waals surface area contributed by atoms with Crippen LogP contribution in [0.3, 0.4) is 0 Å². The van der Waals surface area contributed by atoms with E-state index >= 15 is 0 Å². The largest absolute Gasteiger partial charge is 0.338 e. The van der Waals surface area contributed by atoms with Crippen LogP contribution in [-0.4, -0.2) is 53.8 Å². The summed E-state index contributed by atoms with van der Waals surface area (Å²) in [5.74, 6) is -0.800. The van der Waals surface area contributed by atoms with Crippen LogP contribution in [0.2, 0.25) is 5.02 Å². The van der Waals surface area contributed by atoms with E-state index in [2.05, 4.69) is 0 Å². The Morgan fingerprint density at radius 1 is 1.26 bits per heavy atom. The smallest absolute Gasteiger partial charge is 0.255 e. The summed E-state index contributed by atoms with van der Waals surface area (Å²) in [5, 5.41) is 0.0958. The van der Waals surface area contributed by atoms with Gasteiger partial charge < -0.3 is 15.5 Å². The lowest BCUT2D eigenvalue weighted by molar-refractivity contribution is -0.134. The first-order chi connectivity index (χ1) is 10.9. The first kappa shape index (κ1) is 17.7. The van der Waals surface area contributed by atoms with Crippen LogP contribution >= 0.6 is 11.6 Å². The van der Waals surface area contributed by atoms with Gasteiger partial charge in [0.15, 0.2) is 0 Å². The maximum atomic E-state index is 13.1. The van der Waals surface area contributed by atoms with Crippen molar-refractivity contribution in [2.45, 2.75) is 25.8 Å². The van der Waals surface area contributed by atoms with Crippen molar-refractivity contribution in [3.05, 3.63) is 34.6 Å². The van der Waals surface area contributed by atoms with E-state index in [0.29, 0.717) is 32.6 Å². The summed E-state index contributed by atoms with van der Waals surface area (Å²) in [4.78, 5) is 27.9. The van der Waals surface area contributed by atoms with Crippen LogP contribution in [0.15, 0.2) is 18.2 Å². The highest BCUT2D eigenvalue weighted by Crippen LogP contribution is 2.20. The molecule has 0 aliphatic carbocycles. The maximum absolute atomic E-state index is 13.1. The van der Waals surface area contributed by atoms with Crippen molar-refractivity contribution >= 4 is 23.4 Å². The average Bonchev–Trinajstić information content (AvgIpc) is 2.54. The van der Waals surface area contributed by atoms with Crippen molar-refractivity contribution < 1.29 is 14.0 Å². The molecular weight excluding hydrogens is 321 g/mol. The molecule has 0 aromatic heterocycles. The van der Waals surface area contributed by atoms with Crippen LogP contribution in [-0.2, 0) is 4.79 Å². The summed E-state index contributed by atoms with van der Waals surface area (Å²) >= 11 is 5.93. The molecule has 1 unspecified atom stereocenters. The number of benzene rings is 1. The quantitative estimate of drug-likeness (QED) is 0.909. The third kappa shape index (κ3) is 4.20. The Labute approximate surface area is 140 Å². The van der Waals surface area contributed by atoms with Gasteiger partial charge in [-0.15, -0.1) is 0 Å². The first-order valence-electron chi connectivity index (χ1n) is 7.72. The fourth-order valence-electron chi connectivity index (χ4n) is 2.63. The number of rotatable bonds is 4. The van der Waals surface area contributed by atoms with Gasteiger partial charge in [-0.1, -0.05) is 24.9 Å². The summed E-state index contributed by atoms with van der Waals surface area (Å²) in [6.45, 7) is 3.70. The number of amides is 2. The van der Waals surface area contributed by atoms with E-state index < -0.39 is 11.9 Å². The van der Waals surface area contributed by atoms with Gasteiger partial charge >= 0.3 is 0 Å². The van der Waals surface area contributed by atoms with Crippen molar-refractivity contribution in [3.63, 3.8) is 0 Å². The maximum Gasteiger partial charge on any atom is 0.255 e. The van der Waals surface area contributed by atoms with E-state index in [4.69, 9.17) is 17.3 Å². The van der Waals surface area contributed by atoms with E-state index in [1.165, 1.54) is 12.1 Å². The standard InChI is InChI=1S/C16H21ClFN3O2/c1-2-3-14(19)16(23)21-8-6-20(7-9-21)15(22)12-5-4-11(18)10-13(12)17/h4-5,10,14H,2-3,6-9,19H2,1H3. The molecule has 126 valence electrons. The molecular formula is C16H21ClFN3O2. The van der Waals surface area contributed by atoms with Crippen molar-refractivity contribution in [1.82, 2.24) is 9.80 Å². The monoisotopic (exact) mass is 341 g/mol. The topological polar surface area (TPSA) is 66.6 Å². The molecule has 2 N–H and O–H groups in total. The summed E-state index contributed by atoms with van der Waals surface area (Å²) in [6.07, 6.45) is 1.51. The molecule has 1 atom stereocenters. The van der Waals surface area contributed by atoms with Gasteiger partial charge in [0.05, 0.1) is 16.6 Å². The van der Waals surface area contributed by atoms with Gasteiger partial charge in [0.25, 0.3) is 5.91 Å². The number of carbonyl (C=O) groups excluding carboxylic acids is 2. The number of hydrogen-bond donors (Lipinski definition) is 1. The molecule has 23 heavy (non-hydrogen) atoms. The Morgan fingerprint density at radius 3 is 2.43 bits per heavy atom. The van der Waals surface area contributed by atoms with Gasteiger partial charge in [-0.2, -0.15) is 0 Å². The van der Waals surface area contributed by atoms with Crippen LogP contribution < -0.4 is 5.73 Å². The molecule has 7 heteroatoms. The number of nitrogens with two attached hydrogens (primary N) is 1. The highest BCUT2D eigenvalue weighted by molar-refractivity contribution is 6.33. The van der Waals surface area contributed by atoms with Gasteiger partial charge in [0.2, 0.25) is 5.91 Å². The normalized spacial score (nSPS) is 16.3. The second-order valence-electron chi connectivity index (χ2n) is 5.64. The van der Waals surface area contributed by atoms with Crippen LogP contribution in [0.1, 0.15) is 30.1 Å². The molecule has 1 saturated heterocycles. The second kappa shape index (κ2) is 7.75. The average molecular weight is 342 g/mol. The lowest BCUT2D eigenvalue weighted by Gasteiger charge is -2.36. The van der Waals surface area contributed by atoms with Crippen LogP contribution in [0.25, 0.3) is 0 Å². The lowest BCUT2D eigenvalue weighted by atomic mass is 10.1. The molecule has 2 rings (SSSR count). The number of hydrogen-bond acceptors (Lipinski definition) is 3. The fraction of sp³-hybridized carbons (Fsp3) is 0.500. The van der Waals surface area contributed by atoms with Gasteiger partial charge in [-0.05, 0) is 24.6 Å². The predicted octanol–water partition coefficient (Wildman–Crippen LogP) is 1.89. The van der Waals surface area contributed by atoms with Crippen molar-refractivity contribution in [2.24, 2.45) is 5.73 Å². The van der Waals surface area contributed by atoms with Gasteiger partial charge in [-0.25, -0.2) is 4.39 Å². The molecule has 1 heterocycles. The molecule has 1 aliphatic rings. The Kier molecular flexibility index (Phi) is 5.96. The van der Waals surface area contributed by atoms with E-state index in [1.54, 1.807) is 9.80 Å². The molecule has 5 nitrogen and oxygen atoms in total. The molecule has 0 radical (unpaired) electrons. The highest BCUT2D eigenvalue weighted by Gasteiger charge is 2.28. The Bertz CT molecular complexity index is 589. The van der Waals surface area contributed by atoms with Crippen molar-refractivity contribution in [3.8, 4) is 0 Å². The minimum atomic E-state index is -0.480. The number of halogens is 2. The zero-order chi connectivity index (χ0) is 17.0. The minimum Gasteiger partial charge on any atom is -0.338 e. The van der Waals surface area contributed by atoms with Crippen molar-refractivity contribution in [2.75, 3.05) is 26.2 Å². The second-order valence-corrected chi connectivity index (χ2v) is 6.04. The van der Waals surface area contributed by atoms with Crippen molar-refractivity contribution in [1.29, 1.82) is 0 Å². The Balaban J connectivity index is 1.96. The summed E-state index contributed by atoms with van der Waals surface area (Å²) in [7, 11) is 0. The first-order valence-corrected chi connectivity index (χ1v) is 8.10. The van der Waals surface area contributed by atoms with Crippen LogP contribution in [0, 0.1) is 5.82 Å². The Hall–Kier alpha value is -1.66. The SMILES string of the molecule is CCCC(N)C(=O)N1CCN(C(=O)c2ccc(F)cc2Cl)CC1. The summed E-state index contributed by atoms with van der Waals surface area (Å²) < 4.78 is 13.1. The predicted molar refractivity (Wildman–Crippen MR) is 86.8 cm³/mol. The number of nitrogens with zero attached hydrogens (tertiary/aromatic N) is 2. The van der Waals surface area contributed by atoms with Crippen LogP contribution in [0.5, 0.6) is 0 Å². The molecule has 1 fully saturated rings. The lowest BCUT2D eigenvalue weighted by Crippen LogP contribution is -2.54. The van der Waals surface area contributed by atoms with Crippen LogP contribution in [0.4, 0.5) is 4.39 Å². The number of carbonyl (C=O) groups is 2. The Morgan fingerprint density at radius 2 is 1.87 bits per heavy atom. The molecule has 0 spiro atoms. The van der Waals surface area contributed by atoms with E-state index in [0.717, 1.165) is 12.5 Å². The zero-order valence-electron chi connectivity index (χ0n) is 13.1. The van der Waals surface area contributed by atoms with Gasteiger partial charge in [0.1, 0.15) is 5.82 Å². The highest BCUT2D eigenvalue weighted by atomic mass is 35.5. The zero-order valence-corrected chi connectivity index (χ0v) is 13.9. The molecule has 0 bridgehead atoms. The molecule has 1 aliphatic heterocycles. The molecule has 0 saturated carbocycles. The summed E-state index contributed by atoms with van der Waals surface area (Å²) in [6, 6.07) is 3.24. The van der Waals surface area contributed by atoms with E-state index in [-0.39, 0.29) is 22.4 Å². The third-order valence-electron chi connectivity index (χ3n) is 3.96. The van der Waals surface area contributed by atoms with Gasteiger partial charge in [-0.3, -0.25) is 9.59 Å². The fourth-order valence-corrected chi connectivity index (χ4v) is 2.88. The molecule has 2 amide bonds. The van der Waals surface area contributed by atoms with E-state index in [9.17, 15) is 14.0 Å². The summed E-state index contributed by atoms with van der Waals surface area (Å²) in [5.41, 5.74) is 6.13. The third-order valence-corrected chi connectivity index (χ3v) is 4.27. The van der Waals surface area contributed by atoms with Gasteiger partial charge in [0, 0.05) is 26.2 Å². The van der Waals surface area contributed by atoms with E-state index in [1.807, 2.05) is 6.92 Å². The molecule has 1 aromatic carbocycles. The molecule has 1 aromatic rings. The minimum absolute atomic E-state index is 0.0706. The number of piperazine rings is 1.